The summed E-state index contributed by atoms with van der Waals surface area (Å²) in [6, 6.07) is 4.90. The number of aryl methyl sites for hydroxylation is 1. The van der Waals surface area contributed by atoms with Gasteiger partial charge in [-0.15, -0.1) is 0 Å². The molecule has 1 aromatic carbocycles. The van der Waals surface area contributed by atoms with E-state index in [1.54, 1.807) is 12.1 Å². The molecular weight excluding hydrogens is 212 g/mol. The van der Waals surface area contributed by atoms with Gasteiger partial charge in [0.15, 0.2) is 5.75 Å². The van der Waals surface area contributed by atoms with Crippen molar-refractivity contribution in [3.63, 3.8) is 0 Å². The average Bonchev–Trinajstić information content (AvgIpc) is 1.93. The third kappa shape index (κ3) is 3.24. The molecular formula is C8H9ClO3S. The number of benzene rings is 1. The zero-order valence-corrected chi connectivity index (χ0v) is 8.82. The van der Waals surface area contributed by atoms with E-state index >= 15 is 0 Å². The van der Waals surface area contributed by atoms with E-state index in [9.17, 15) is 8.42 Å². The van der Waals surface area contributed by atoms with Gasteiger partial charge in [0, 0.05) is 0 Å². The van der Waals surface area contributed by atoms with Crippen LogP contribution in [0.3, 0.4) is 0 Å². The first-order valence-corrected chi connectivity index (χ1v) is 5.73. The summed E-state index contributed by atoms with van der Waals surface area (Å²) in [5, 5.41) is 0.297. The maximum atomic E-state index is 10.8. The Kier molecular flexibility index (Phi) is 2.83. The van der Waals surface area contributed by atoms with Crippen molar-refractivity contribution in [3.05, 3.63) is 28.8 Å². The minimum atomic E-state index is -3.50. The molecule has 0 spiro atoms. The van der Waals surface area contributed by atoms with Crippen LogP contribution in [0.25, 0.3) is 0 Å². The van der Waals surface area contributed by atoms with E-state index in [0.717, 1.165) is 11.8 Å². The highest BCUT2D eigenvalue weighted by Crippen LogP contribution is 2.25. The van der Waals surface area contributed by atoms with Gasteiger partial charge in [-0.2, -0.15) is 8.42 Å². The van der Waals surface area contributed by atoms with E-state index in [2.05, 4.69) is 4.18 Å². The van der Waals surface area contributed by atoms with Crippen LogP contribution in [-0.2, 0) is 10.1 Å². The Bertz CT molecular complexity index is 411. The van der Waals surface area contributed by atoms with E-state index < -0.39 is 10.1 Å². The van der Waals surface area contributed by atoms with Gasteiger partial charge >= 0.3 is 10.1 Å². The second-order valence-corrected chi connectivity index (χ2v) is 4.70. The average molecular weight is 221 g/mol. The van der Waals surface area contributed by atoms with Crippen molar-refractivity contribution in [3.8, 4) is 5.75 Å². The summed E-state index contributed by atoms with van der Waals surface area (Å²) in [4.78, 5) is 0. The molecule has 0 unspecified atom stereocenters. The van der Waals surface area contributed by atoms with Crippen LogP contribution >= 0.6 is 11.6 Å². The van der Waals surface area contributed by atoms with Crippen molar-refractivity contribution >= 4 is 21.7 Å². The minimum Gasteiger partial charge on any atom is -0.381 e. The fraction of sp³-hybridized carbons (Fsp3) is 0.250. The molecule has 0 bridgehead atoms. The van der Waals surface area contributed by atoms with Crippen molar-refractivity contribution in [2.75, 3.05) is 6.26 Å². The predicted molar refractivity (Wildman–Crippen MR) is 51.7 cm³/mol. The van der Waals surface area contributed by atoms with Crippen molar-refractivity contribution in [2.45, 2.75) is 6.92 Å². The van der Waals surface area contributed by atoms with Crippen molar-refractivity contribution in [1.29, 1.82) is 0 Å². The molecule has 13 heavy (non-hydrogen) atoms. The fourth-order valence-electron chi connectivity index (χ4n) is 0.837. The van der Waals surface area contributed by atoms with Crippen LogP contribution in [0.4, 0.5) is 0 Å². The Morgan fingerprint density at radius 2 is 2.00 bits per heavy atom. The van der Waals surface area contributed by atoms with Gasteiger partial charge in [0.1, 0.15) is 0 Å². The van der Waals surface area contributed by atoms with Crippen LogP contribution in [0, 0.1) is 6.92 Å². The fourth-order valence-corrected chi connectivity index (χ4v) is 1.63. The van der Waals surface area contributed by atoms with Crippen LogP contribution < -0.4 is 4.18 Å². The van der Waals surface area contributed by atoms with E-state index in [4.69, 9.17) is 11.6 Å². The largest absolute Gasteiger partial charge is 0.381 e. The standard InChI is InChI=1S/C8H9ClO3S/c1-6-3-4-8(7(9)5-6)12-13(2,10)11/h3-5H,1-2H3. The second-order valence-electron chi connectivity index (χ2n) is 2.72. The van der Waals surface area contributed by atoms with E-state index in [0.29, 0.717) is 5.02 Å². The van der Waals surface area contributed by atoms with Crippen LogP contribution in [0.2, 0.25) is 5.02 Å². The molecule has 0 aliphatic rings. The second kappa shape index (κ2) is 3.55. The summed E-state index contributed by atoms with van der Waals surface area (Å²) in [7, 11) is -3.50. The molecule has 0 heterocycles. The quantitative estimate of drug-likeness (QED) is 0.716. The van der Waals surface area contributed by atoms with Gasteiger partial charge in [-0.3, -0.25) is 0 Å². The Balaban J connectivity index is 3.04. The topological polar surface area (TPSA) is 43.4 Å². The number of halogens is 1. The van der Waals surface area contributed by atoms with Gasteiger partial charge < -0.3 is 4.18 Å². The summed E-state index contributed by atoms with van der Waals surface area (Å²) in [6.45, 7) is 1.86. The SMILES string of the molecule is Cc1ccc(OS(C)(=O)=O)c(Cl)c1. The molecule has 1 rings (SSSR count). The molecule has 0 aliphatic carbocycles. The molecule has 0 radical (unpaired) electrons. The summed E-state index contributed by atoms with van der Waals surface area (Å²) in [6.07, 6.45) is 0.975. The number of hydrogen-bond donors (Lipinski definition) is 0. The first-order chi connectivity index (χ1) is 5.88. The molecule has 0 fully saturated rings. The molecule has 0 aliphatic heterocycles. The van der Waals surface area contributed by atoms with Crippen molar-refractivity contribution in [1.82, 2.24) is 0 Å². The van der Waals surface area contributed by atoms with Crippen molar-refractivity contribution < 1.29 is 12.6 Å². The maximum absolute atomic E-state index is 10.8. The van der Waals surface area contributed by atoms with E-state index in [1.165, 1.54) is 6.07 Å². The Morgan fingerprint density at radius 3 is 2.46 bits per heavy atom. The van der Waals surface area contributed by atoms with Gasteiger partial charge in [-0.25, -0.2) is 0 Å². The van der Waals surface area contributed by atoms with E-state index in [1.807, 2.05) is 6.92 Å². The molecule has 0 amide bonds. The normalized spacial score (nSPS) is 11.3. The lowest BCUT2D eigenvalue weighted by Gasteiger charge is -2.04. The van der Waals surface area contributed by atoms with Crippen LogP contribution in [-0.4, -0.2) is 14.7 Å². The monoisotopic (exact) mass is 220 g/mol. The van der Waals surface area contributed by atoms with Crippen molar-refractivity contribution in [2.24, 2.45) is 0 Å². The molecule has 3 nitrogen and oxygen atoms in total. The molecule has 0 saturated carbocycles. The number of rotatable bonds is 2. The van der Waals surface area contributed by atoms with Gasteiger partial charge in [0.25, 0.3) is 0 Å². The Hall–Kier alpha value is -0.740. The summed E-state index contributed by atoms with van der Waals surface area (Å²) >= 11 is 5.75. The highest BCUT2D eigenvalue weighted by atomic mass is 35.5. The third-order valence-electron chi connectivity index (χ3n) is 1.33. The van der Waals surface area contributed by atoms with Gasteiger partial charge in [-0.1, -0.05) is 17.7 Å². The lowest BCUT2D eigenvalue weighted by molar-refractivity contribution is 0.493. The zero-order valence-electron chi connectivity index (χ0n) is 7.24. The third-order valence-corrected chi connectivity index (χ3v) is 2.11. The molecule has 0 saturated heterocycles. The first-order valence-electron chi connectivity index (χ1n) is 3.54. The Labute approximate surface area is 82.4 Å². The van der Waals surface area contributed by atoms with Crippen LogP contribution in [0.5, 0.6) is 5.75 Å². The molecule has 5 heteroatoms. The van der Waals surface area contributed by atoms with Crippen LogP contribution in [0.1, 0.15) is 5.56 Å². The predicted octanol–water partition coefficient (Wildman–Crippen LogP) is 1.99. The van der Waals surface area contributed by atoms with E-state index in [-0.39, 0.29) is 5.75 Å². The lowest BCUT2D eigenvalue weighted by Crippen LogP contribution is -2.05. The van der Waals surface area contributed by atoms with Gasteiger partial charge in [0.2, 0.25) is 0 Å². The number of hydrogen-bond acceptors (Lipinski definition) is 3. The van der Waals surface area contributed by atoms with Crippen LogP contribution in [0.15, 0.2) is 18.2 Å². The molecule has 1 aromatic rings. The summed E-state index contributed by atoms with van der Waals surface area (Å²) < 4.78 is 26.1. The van der Waals surface area contributed by atoms with Gasteiger partial charge in [0.05, 0.1) is 11.3 Å². The highest BCUT2D eigenvalue weighted by Gasteiger charge is 2.07. The van der Waals surface area contributed by atoms with Gasteiger partial charge in [-0.05, 0) is 24.6 Å². The Morgan fingerprint density at radius 1 is 1.38 bits per heavy atom. The minimum absolute atomic E-state index is 0.162. The summed E-state index contributed by atoms with van der Waals surface area (Å²) in [5.74, 6) is 0.162. The first kappa shape index (κ1) is 10.3. The smallest absolute Gasteiger partial charge is 0.306 e. The summed E-state index contributed by atoms with van der Waals surface area (Å²) in [5.41, 5.74) is 0.950. The maximum Gasteiger partial charge on any atom is 0.306 e. The highest BCUT2D eigenvalue weighted by molar-refractivity contribution is 7.86. The zero-order chi connectivity index (χ0) is 10.1. The molecule has 0 aromatic heterocycles. The molecule has 72 valence electrons. The lowest BCUT2D eigenvalue weighted by atomic mass is 10.2. The molecule has 0 atom stereocenters. The molecule has 0 N–H and O–H groups in total.